The van der Waals surface area contributed by atoms with E-state index in [4.69, 9.17) is 0 Å². The SMILES string of the molecule is CN1CC2(CC(CCN3CCCCC3)C2)C1. The van der Waals surface area contributed by atoms with Crippen molar-refractivity contribution in [2.45, 2.75) is 38.5 Å². The van der Waals surface area contributed by atoms with Gasteiger partial charge >= 0.3 is 0 Å². The molecule has 0 bridgehead atoms. The molecular formula is C14H26N2. The molecule has 92 valence electrons. The Morgan fingerprint density at radius 3 is 2.38 bits per heavy atom. The standard InChI is InChI=1S/C14H26N2/c1-15-11-14(12-15)9-13(10-14)5-8-16-6-3-2-4-7-16/h13H,2-12H2,1H3. The number of likely N-dealkylation sites (tertiary alicyclic amines) is 2. The van der Waals surface area contributed by atoms with Crippen LogP contribution in [-0.2, 0) is 0 Å². The highest BCUT2D eigenvalue weighted by Gasteiger charge is 2.50. The van der Waals surface area contributed by atoms with Gasteiger partial charge in [0.15, 0.2) is 0 Å². The number of hydrogen-bond acceptors (Lipinski definition) is 2. The maximum absolute atomic E-state index is 2.70. The summed E-state index contributed by atoms with van der Waals surface area (Å²) in [6.45, 7) is 6.90. The van der Waals surface area contributed by atoms with Gasteiger partial charge in [-0.15, -0.1) is 0 Å². The van der Waals surface area contributed by atoms with Crippen LogP contribution in [0.4, 0.5) is 0 Å². The van der Waals surface area contributed by atoms with Crippen molar-refractivity contribution >= 4 is 0 Å². The first-order valence-corrected chi connectivity index (χ1v) is 7.17. The van der Waals surface area contributed by atoms with E-state index >= 15 is 0 Å². The maximum atomic E-state index is 2.70. The lowest BCUT2D eigenvalue weighted by Crippen LogP contribution is -2.60. The van der Waals surface area contributed by atoms with E-state index in [1.807, 2.05) is 0 Å². The van der Waals surface area contributed by atoms with Gasteiger partial charge in [-0.05, 0) is 70.1 Å². The molecule has 16 heavy (non-hydrogen) atoms. The zero-order valence-electron chi connectivity index (χ0n) is 10.7. The first-order valence-electron chi connectivity index (χ1n) is 7.17. The van der Waals surface area contributed by atoms with E-state index in [1.54, 1.807) is 0 Å². The van der Waals surface area contributed by atoms with Crippen LogP contribution in [0.2, 0.25) is 0 Å². The van der Waals surface area contributed by atoms with Gasteiger partial charge in [0, 0.05) is 13.1 Å². The molecule has 1 saturated carbocycles. The molecular weight excluding hydrogens is 196 g/mol. The second kappa shape index (κ2) is 4.30. The monoisotopic (exact) mass is 222 g/mol. The molecule has 2 nitrogen and oxygen atoms in total. The first-order chi connectivity index (χ1) is 7.76. The van der Waals surface area contributed by atoms with Crippen molar-refractivity contribution in [3.05, 3.63) is 0 Å². The summed E-state index contributed by atoms with van der Waals surface area (Å²) in [4.78, 5) is 5.17. The number of hydrogen-bond donors (Lipinski definition) is 0. The third-order valence-electron chi connectivity index (χ3n) is 4.96. The summed E-state index contributed by atoms with van der Waals surface area (Å²) in [5.74, 6) is 1.07. The fourth-order valence-corrected chi connectivity index (χ4v) is 4.27. The van der Waals surface area contributed by atoms with Crippen molar-refractivity contribution in [1.82, 2.24) is 9.80 Å². The molecule has 0 aromatic heterocycles. The Balaban J connectivity index is 1.32. The van der Waals surface area contributed by atoms with Gasteiger partial charge in [-0.25, -0.2) is 0 Å². The molecule has 0 aromatic rings. The Labute approximate surface area is 100.0 Å². The Hall–Kier alpha value is -0.0800. The summed E-state index contributed by atoms with van der Waals surface area (Å²) in [6.07, 6.45) is 8.90. The third kappa shape index (κ3) is 2.14. The topological polar surface area (TPSA) is 6.48 Å². The molecule has 1 spiro atoms. The highest BCUT2D eigenvalue weighted by molar-refractivity contribution is 5.03. The molecule has 1 aliphatic carbocycles. The number of piperidine rings is 1. The lowest BCUT2D eigenvalue weighted by atomic mass is 9.57. The van der Waals surface area contributed by atoms with E-state index in [9.17, 15) is 0 Å². The third-order valence-corrected chi connectivity index (χ3v) is 4.96. The van der Waals surface area contributed by atoms with E-state index < -0.39 is 0 Å². The number of rotatable bonds is 3. The fraction of sp³-hybridized carbons (Fsp3) is 1.00. The van der Waals surface area contributed by atoms with Crippen molar-refractivity contribution in [2.24, 2.45) is 11.3 Å². The minimum absolute atomic E-state index is 0.793. The second-order valence-electron chi connectivity index (χ2n) is 6.64. The minimum Gasteiger partial charge on any atom is -0.305 e. The van der Waals surface area contributed by atoms with Crippen LogP contribution < -0.4 is 0 Å². The minimum atomic E-state index is 0.793. The van der Waals surface area contributed by atoms with Crippen LogP contribution in [0.3, 0.4) is 0 Å². The van der Waals surface area contributed by atoms with Crippen LogP contribution in [0.15, 0.2) is 0 Å². The summed E-state index contributed by atoms with van der Waals surface area (Å²) in [7, 11) is 2.26. The summed E-state index contributed by atoms with van der Waals surface area (Å²) in [6, 6.07) is 0. The van der Waals surface area contributed by atoms with Gasteiger partial charge in [0.1, 0.15) is 0 Å². The molecule has 3 fully saturated rings. The van der Waals surface area contributed by atoms with Crippen LogP contribution in [0.5, 0.6) is 0 Å². The molecule has 2 aliphatic heterocycles. The highest BCUT2D eigenvalue weighted by Crippen LogP contribution is 2.52. The number of nitrogens with zero attached hydrogens (tertiary/aromatic N) is 2. The van der Waals surface area contributed by atoms with Crippen molar-refractivity contribution in [2.75, 3.05) is 39.8 Å². The molecule has 2 saturated heterocycles. The average Bonchev–Trinajstić information content (AvgIpc) is 2.21. The Kier molecular flexibility index (Phi) is 2.97. The molecule has 2 heteroatoms. The molecule has 0 atom stereocenters. The van der Waals surface area contributed by atoms with Gasteiger partial charge in [0.2, 0.25) is 0 Å². The van der Waals surface area contributed by atoms with Crippen molar-refractivity contribution in [3.63, 3.8) is 0 Å². The van der Waals surface area contributed by atoms with Gasteiger partial charge in [0.25, 0.3) is 0 Å². The zero-order valence-corrected chi connectivity index (χ0v) is 10.7. The van der Waals surface area contributed by atoms with Crippen molar-refractivity contribution < 1.29 is 0 Å². The normalized spacial score (nSPS) is 31.3. The van der Waals surface area contributed by atoms with Gasteiger partial charge in [-0.1, -0.05) is 6.42 Å². The lowest BCUT2D eigenvalue weighted by Gasteiger charge is -2.58. The molecule has 0 amide bonds. The predicted molar refractivity (Wildman–Crippen MR) is 67.6 cm³/mol. The Morgan fingerprint density at radius 1 is 1.06 bits per heavy atom. The Morgan fingerprint density at radius 2 is 1.75 bits per heavy atom. The highest BCUT2D eigenvalue weighted by atomic mass is 15.2. The van der Waals surface area contributed by atoms with Crippen LogP contribution in [0.25, 0.3) is 0 Å². The average molecular weight is 222 g/mol. The van der Waals surface area contributed by atoms with Gasteiger partial charge in [-0.3, -0.25) is 0 Å². The molecule has 0 N–H and O–H groups in total. The molecule has 0 unspecified atom stereocenters. The van der Waals surface area contributed by atoms with Gasteiger partial charge in [-0.2, -0.15) is 0 Å². The zero-order chi connectivity index (χ0) is 11.0. The van der Waals surface area contributed by atoms with E-state index in [-0.39, 0.29) is 0 Å². The Bertz CT molecular complexity index is 231. The second-order valence-corrected chi connectivity index (χ2v) is 6.64. The van der Waals surface area contributed by atoms with Gasteiger partial charge in [0.05, 0.1) is 0 Å². The summed E-state index contributed by atoms with van der Waals surface area (Å²) >= 11 is 0. The van der Waals surface area contributed by atoms with E-state index in [1.165, 1.54) is 71.2 Å². The smallest absolute Gasteiger partial charge is 0.00476 e. The summed E-state index contributed by atoms with van der Waals surface area (Å²) in [5.41, 5.74) is 0.793. The van der Waals surface area contributed by atoms with Crippen LogP contribution >= 0.6 is 0 Å². The van der Waals surface area contributed by atoms with E-state index in [2.05, 4.69) is 16.8 Å². The van der Waals surface area contributed by atoms with Crippen molar-refractivity contribution in [3.8, 4) is 0 Å². The van der Waals surface area contributed by atoms with E-state index in [0.717, 1.165) is 11.3 Å². The maximum Gasteiger partial charge on any atom is 0.00476 e. The van der Waals surface area contributed by atoms with Crippen LogP contribution in [-0.4, -0.2) is 49.6 Å². The predicted octanol–water partition coefficient (Wildman–Crippen LogP) is 2.20. The van der Waals surface area contributed by atoms with Crippen LogP contribution in [0.1, 0.15) is 38.5 Å². The van der Waals surface area contributed by atoms with Gasteiger partial charge < -0.3 is 9.80 Å². The quantitative estimate of drug-likeness (QED) is 0.722. The van der Waals surface area contributed by atoms with Crippen LogP contribution in [0, 0.1) is 11.3 Å². The summed E-state index contributed by atoms with van der Waals surface area (Å²) in [5, 5.41) is 0. The molecule has 3 aliphatic rings. The molecule has 0 aromatic carbocycles. The van der Waals surface area contributed by atoms with E-state index in [0.29, 0.717) is 0 Å². The molecule has 2 heterocycles. The summed E-state index contributed by atoms with van der Waals surface area (Å²) < 4.78 is 0. The first kappa shape index (κ1) is 11.0. The molecule has 3 rings (SSSR count). The lowest BCUT2D eigenvalue weighted by molar-refractivity contribution is -0.0851. The molecule has 0 radical (unpaired) electrons. The largest absolute Gasteiger partial charge is 0.305 e. The fourth-order valence-electron chi connectivity index (χ4n) is 4.27. The van der Waals surface area contributed by atoms with Crippen molar-refractivity contribution in [1.29, 1.82) is 0 Å².